The number of hydrogen-bond donors (Lipinski definition) is 0. The maximum absolute atomic E-state index is 12.4. The quantitative estimate of drug-likeness (QED) is 0.773. The first-order chi connectivity index (χ1) is 12.4. The molecule has 0 radical (unpaired) electrons. The van der Waals surface area contributed by atoms with Crippen LogP contribution in [0, 0.1) is 5.92 Å². The number of halogens is 1. The summed E-state index contributed by atoms with van der Waals surface area (Å²) in [4.78, 5) is 14.4. The summed E-state index contributed by atoms with van der Waals surface area (Å²) in [5.74, 6) is 0.600. The molecule has 0 bridgehead atoms. The van der Waals surface area contributed by atoms with E-state index in [1.165, 1.54) is 5.69 Å². The van der Waals surface area contributed by atoms with Gasteiger partial charge >= 0.3 is 0 Å². The monoisotopic (exact) mass is 375 g/mol. The van der Waals surface area contributed by atoms with Crippen LogP contribution in [-0.4, -0.2) is 27.1 Å². The van der Waals surface area contributed by atoms with Crippen LogP contribution in [0.1, 0.15) is 42.8 Å². The van der Waals surface area contributed by atoms with E-state index in [2.05, 4.69) is 18.9 Å². The third kappa shape index (κ3) is 4.46. The minimum absolute atomic E-state index is 0.225. The van der Waals surface area contributed by atoms with Crippen LogP contribution in [-0.2, 0) is 42.8 Å². The van der Waals surface area contributed by atoms with Gasteiger partial charge in [-0.1, -0.05) is 37.6 Å². The molecule has 0 spiro atoms. The van der Waals surface area contributed by atoms with E-state index in [4.69, 9.17) is 16.3 Å². The van der Waals surface area contributed by atoms with Crippen LogP contribution in [0.25, 0.3) is 0 Å². The normalized spacial score (nSPS) is 14.0. The smallest absolute Gasteiger partial charge is 0.223 e. The van der Waals surface area contributed by atoms with Crippen molar-refractivity contribution in [2.75, 3.05) is 6.54 Å². The van der Waals surface area contributed by atoms with Crippen molar-refractivity contribution in [3.8, 4) is 0 Å². The Balaban J connectivity index is 1.64. The van der Waals surface area contributed by atoms with Gasteiger partial charge in [-0.2, -0.15) is 5.10 Å². The molecule has 2 heterocycles. The summed E-state index contributed by atoms with van der Waals surface area (Å²) in [6, 6.07) is 7.65. The minimum Gasteiger partial charge on any atom is -0.370 e. The van der Waals surface area contributed by atoms with Gasteiger partial charge in [0.05, 0.1) is 18.9 Å². The molecule has 1 aliphatic heterocycles. The van der Waals surface area contributed by atoms with Crippen molar-refractivity contribution in [2.45, 2.75) is 46.4 Å². The highest BCUT2D eigenvalue weighted by Crippen LogP contribution is 2.24. The van der Waals surface area contributed by atoms with E-state index in [1.54, 1.807) is 0 Å². The third-order valence-corrected chi connectivity index (χ3v) is 4.93. The fourth-order valence-corrected chi connectivity index (χ4v) is 3.45. The van der Waals surface area contributed by atoms with E-state index in [9.17, 15) is 4.79 Å². The number of hydrogen-bond acceptors (Lipinski definition) is 3. The van der Waals surface area contributed by atoms with Gasteiger partial charge in [0, 0.05) is 49.3 Å². The van der Waals surface area contributed by atoms with Gasteiger partial charge in [-0.15, -0.1) is 0 Å². The number of ether oxygens (including phenoxy) is 1. The molecule has 0 N–H and O–H groups in total. The molecule has 3 rings (SSSR count). The average Bonchev–Trinajstić information content (AvgIpc) is 2.92. The first-order valence-corrected chi connectivity index (χ1v) is 9.45. The summed E-state index contributed by atoms with van der Waals surface area (Å²) in [5.41, 5.74) is 4.36. The van der Waals surface area contributed by atoms with Gasteiger partial charge in [0.1, 0.15) is 0 Å². The van der Waals surface area contributed by atoms with Gasteiger partial charge < -0.3 is 9.64 Å². The van der Waals surface area contributed by atoms with Crippen LogP contribution in [0.3, 0.4) is 0 Å². The fourth-order valence-electron chi connectivity index (χ4n) is 3.32. The summed E-state index contributed by atoms with van der Waals surface area (Å²) in [5, 5.41) is 5.35. The molecule has 6 heteroatoms. The van der Waals surface area contributed by atoms with Crippen molar-refractivity contribution < 1.29 is 9.53 Å². The van der Waals surface area contributed by atoms with Crippen LogP contribution >= 0.6 is 11.6 Å². The van der Waals surface area contributed by atoms with Crippen LogP contribution in [0.4, 0.5) is 0 Å². The average molecular weight is 376 g/mol. The second kappa shape index (κ2) is 8.23. The van der Waals surface area contributed by atoms with E-state index >= 15 is 0 Å². The lowest BCUT2D eigenvalue weighted by Gasteiger charge is -2.28. The zero-order valence-electron chi connectivity index (χ0n) is 15.7. The minimum atomic E-state index is 0.225. The van der Waals surface area contributed by atoms with E-state index in [-0.39, 0.29) is 5.91 Å². The molecule has 0 atom stereocenters. The lowest BCUT2D eigenvalue weighted by Crippen LogP contribution is -2.37. The standard InChI is InChI=1S/C20H26ClN3O2/c1-14(2)10-20(25)24-9-8-19-17(11-24)18(22-23(19)3)13-26-12-15-4-6-16(21)7-5-15/h4-7,14H,8-13H2,1-3H3. The van der Waals surface area contributed by atoms with Crippen molar-refractivity contribution >= 4 is 17.5 Å². The van der Waals surface area contributed by atoms with Gasteiger partial charge in [-0.25, -0.2) is 0 Å². The maximum Gasteiger partial charge on any atom is 0.223 e. The Kier molecular flexibility index (Phi) is 5.99. The molecule has 0 aliphatic carbocycles. The molecule has 1 amide bonds. The van der Waals surface area contributed by atoms with Crippen molar-refractivity contribution in [3.05, 3.63) is 51.8 Å². The van der Waals surface area contributed by atoms with Gasteiger partial charge in [-0.05, 0) is 23.6 Å². The van der Waals surface area contributed by atoms with E-state index in [0.29, 0.717) is 32.1 Å². The Hall–Kier alpha value is -1.85. The Bertz CT molecular complexity index is 768. The largest absolute Gasteiger partial charge is 0.370 e. The maximum atomic E-state index is 12.4. The molecule has 0 saturated carbocycles. The molecular formula is C20H26ClN3O2. The molecule has 0 saturated heterocycles. The molecule has 1 aromatic heterocycles. The highest BCUT2D eigenvalue weighted by Gasteiger charge is 2.26. The number of aromatic nitrogens is 2. The Morgan fingerprint density at radius 3 is 2.69 bits per heavy atom. The van der Waals surface area contributed by atoms with Gasteiger partial charge in [0.2, 0.25) is 5.91 Å². The second-order valence-corrected chi connectivity index (χ2v) is 7.71. The number of carbonyl (C=O) groups is 1. The van der Waals surface area contributed by atoms with E-state index in [0.717, 1.165) is 34.8 Å². The number of fused-ring (bicyclic) bond motifs is 1. The lowest BCUT2D eigenvalue weighted by atomic mass is 10.0. The van der Waals surface area contributed by atoms with Crippen molar-refractivity contribution in [3.63, 3.8) is 0 Å². The highest BCUT2D eigenvalue weighted by molar-refractivity contribution is 6.30. The number of benzene rings is 1. The van der Waals surface area contributed by atoms with Gasteiger partial charge in [0.15, 0.2) is 0 Å². The molecule has 140 valence electrons. The zero-order chi connectivity index (χ0) is 18.7. The number of rotatable bonds is 6. The molecule has 1 aromatic carbocycles. The van der Waals surface area contributed by atoms with Crippen LogP contribution < -0.4 is 0 Å². The summed E-state index contributed by atoms with van der Waals surface area (Å²) < 4.78 is 7.79. The van der Waals surface area contributed by atoms with E-state index < -0.39 is 0 Å². The SMILES string of the molecule is CC(C)CC(=O)N1CCc2c(c(COCc3ccc(Cl)cc3)nn2C)C1. The Labute approximate surface area is 159 Å². The third-order valence-electron chi connectivity index (χ3n) is 4.68. The predicted molar refractivity (Wildman–Crippen MR) is 102 cm³/mol. The fraction of sp³-hybridized carbons (Fsp3) is 0.500. The predicted octanol–water partition coefficient (Wildman–Crippen LogP) is 3.72. The first-order valence-electron chi connectivity index (χ1n) is 9.07. The number of nitrogens with zero attached hydrogens (tertiary/aromatic N) is 3. The van der Waals surface area contributed by atoms with Crippen molar-refractivity contribution in [2.24, 2.45) is 13.0 Å². The topological polar surface area (TPSA) is 47.4 Å². The summed E-state index contributed by atoms with van der Waals surface area (Å²) in [6.45, 7) is 6.51. The number of aryl methyl sites for hydroxylation is 1. The molecule has 0 fully saturated rings. The van der Waals surface area contributed by atoms with Crippen LogP contribution in [0.15, 0.2) is 24.3 Å². The Morgan fingerprint density at radius 2 is 2.00 bits per heavy atom. The molecule has 5 nitrogen and oxygen atoms in total. The summed E-state index contributed by atoms with van der Waals surface area (Å²) in [6.07, 6.45) is 1.44. The van der Waals surface area contributed by atoms with Crippen molar-refractivity contribution in [1.82, 2.24) is 14.7 Å². The van der Waals surface area contributed by atoms with Crippen LogP contribution in [0.2, 0.25) is 5.02 Å². The highest BCUT2D eigenvalue weighted by atomic mass is 35.5. The lowest BCUT2D eigenvalue weighted by molar-refractivity contribution is -0.132. The van der Waals surface area contributed by atoms with E-state index in [1.807, 2.05) is 40.9 Å². The molecule has 26 heavy (non-hydrogen) atoms. The molecule has 1 aliphatic rings. The molecular weight excluding hydrogens is 350 g/mol. The van der Waals surface area contributed by atoms with Crippen LogP contribution in [0.5, 0.6) is 0 Å². The number of carbonyl (C=O) groups excluding carboxylic acids is 1. The summed E-state index contributed by atoms with van der Waals surface area (Å²) in [7, 11) is 1.97. The molecule has 2 aromatic rings. The van der Waals surface area contributed by atoms with Gasteiger partial charge in [0.25, 0.3) is 0 Å². The first kappa shape index (κ1) is 18.9. The second-order valence-electron chi connectivity index (χ2n) is 7.28. The number of amides is 1. The zero-order valence-corrected chi connectivity index (χ0v) is 16.4. The Morgan fingerprint density at radius 1 is 1.27 bits per heavy atom. The summed E-state index contributed by atoms with van der Waals surface area (Å²) >= 11 is 5.91. The molecule has 0 unspecified atom stereocenters. The van der Waals surface area contributed by atoms with Gasteiger partial charge in [-0.3, -0.25) is 9.48 Å². The van der Waals surface area contributed by atoms with Crippen molar-refractivity contribution in [1.29, 1.82) is 0 Å².